The lowest BCUT2D eigenvalue weighted by molar-refractivity contribution is -0.148. The number of likely N-dealkylation sites (N-methyl/N-ethyl adjacent to an activating group) is 1. The van der Waals surface area contributed by atoms with Crippen LogP contribution >= 0.6 is 11.8 Å². The van der Waals surface area contributed by atoms with E-state index in [1.807, 2.05) is 18.8 Å². The van der Waals surface area contributed by atoms with E-state index in [2.05, 4.69) is 12.2 Å². The molecule has 0 amide bonds. The second-order valence-corrected chi connectivity index (χ2v) is 5.47. The molecule has 0 aromatic rings. The molecule has 1 fully saturated rings. The van der Waals surface area contributed by atoms with Crippen molar-refractivity contribution in [2.24, 2.45) is 0 Å². The lowest BCUT2D eigenvalue weighted by atomic mass is 9.98. The second-order valence-electron chi connectivity index (χ2n) is 4.06. The Labute approximate surface area is 96.3 Å². The van der Waals surface area contributed by atoms with Crippen molar-refractivity contribution in [1.29, 1.82) is 0 Å². The second kappa shape index (κ2) is 5.75. The third kappa shape index (κ3) is 2.88. The number of hydrogen-bond acceptors (Lipinski definition) is 4. The van der Waals surface area contributed by atoms with Gasteiger partial charge in [0.25, 0.3) is 0 Å². The standard InChI is InChI=1S/C11H21NO2S/c1-4-7-15-9-5-6-11(8-9,12-2)10(13)14-3/h9,12H,4-8H2,1-3H3. The van der Waals surface area contributed by atoms with Gasteiger partial charge in [0.05, 0.1) is 7.11 Å². The van der Waals surface area contributed by atoms with E-state index in [0.717, 1.165) is 19.3 Å². The summed E-state index contributed by atoms with van der Waals surface area (Å²) in [5, 5.41) is 3.75. The number of thioether (sulfide) groups is 1. The minimum atomic E-state index is -0.417. The molecule has 0 heterocycles. The number of carbonyl (C=O) groups is 1. The Balaban J connectivity index is 2.53. The Bertz CT molecular complexity index is 223. The minimum Gasteiger partial charge on any atom is -0.468 e. The average molecular weight is 231 g/mol. The lowest BCUT2D eigenvalue weighted by Gasteiger charge is -2.25. The van der Waals surface area contributed by atoms with Crippen LogP contribution in [0.2, 0.25) is 0 Å². The van der Waals surface area contributed by atoms with E-state index in [4.69, 9.17) is 4.74 Å². The third-order valence-corrected chi connectivity index (χ3v) is 4.60. The molecule has 0 bridgehead atoms. The summed E-state index contributed by atoms with van der Waals surface area (Å²) in [5.41, 5.74) is -0.417. The van der Waals surface area contributed by atoms with Gasteiger partial charge in [0.1, 0.15) is 5.54 Å². The van der Waals surface area contributed by atoms with Gasteiger partial charge in [-0.3, -0.25) is 4.79 Å². The SMILES string of the molecule is CCCSC1CCC(NC)(C(=O)OC)C1. The number of rotatable bonds is 5. The van der Waals surface area contributed by atoms with Gasteiger partial charge >= 0.3 is 5.97 Å². The van der Waals surface area contributed by atoms with Crippen molar-refractivity contribution in [2.45, 2.75) is 43.4 Å². The molecule has 1 N–H and O–H groups in total. The molecule has 2 unspecified atom stereocenters. The highest BCUT2D eigenvalue weighted by molar-refractivity contribution is 7.99. The molecule has 15 heavy (non-hydrogen) atoms. The number of methoxy groups -OCH3 is 1. The first-order chi connectivity index (χ1) is 7.18. The van der Waals surface area contributed by atoms with E-state index < -0.39 is 5.54 Å². The summed E-state index contributed by atoms with van der Waals surface area (Å²) >= 11 is 1.98. The van der Waals surface area contributed by atoms with Gasteiger partial charge in [-0.15, -0.1) is 0 Å². The Morgan fingerprint density at radius 3 is 2.93 bits per heavy atom. The maximum absolute atomic E-state index is 11.7. The predicted octanol–water partition coefficient (Wildman–Crippen LogP) is 1.81. The molecular weight excluding hydrogens is 210 g/mol. The zero-order valence-electron chi connectivity index (χ0n) is 9.84. The van der Waals surface area contributed by atoms with E-state index >= 15 is 0 Å². The fraction of sp³-hybridized carbons (Fsp3) is 0.909. The summed E-state index contributed by atoms with van der Waals surface area (Å²) in [6.07, 6.45) is 4.12. The lowest BCUT2D eigenvalue weighted by Crippen LogP contribution is -2.49. The highest BCUT2D eigenvalue weighted by Crippen LogP contribution is 2.37. The van der Waals surface area contributed by atoms with Gasteiger partial charge in [0.2, 0.25) is 0 Å². The van der Waals surface area contributed by atoms with E-state index in [-0.39, 0.29) is 5.97 Å². The van der Waals surface area contributed by atoms with Crippen molar-refractivity contribution < 1.29 is 9.53 Å². The van der Waals surface area contributed by atoms with Gasteiger partial charge in [-0.05, 0) is 38.5 Å². The van der Waals surface area contributed by atoms with Crippen molar-refractivity contribution in [2.75, 3.05) is 19.9 Å². The molecule has 0 aromatic heterocycles. The van der Waals surface area contributed by atoms with Crippen LogP contribution < -0.4 is 5.32 Å². The molecule has 4 heteroatoms. The Hall–Kier alpha value is -0.220. The molecule has 0 saturated heterocycles. The van der Waals surface area contributed by atoms with Crippen LogP contribution in [0.15, 0.2) is 0 Å². The summed E-state index contributed by atoms with van der Waals surface area (Å²) < 4.78 is 4.87. The number of esters is 1. The predicted molar refractivity (Wildman–Crippen MR) is 64.2 cm³/mol. The Morgan fingerprint density at radius 2 is 2.40 bits per heavy atom. The van der Waals surface area contributed by atoms with Crippen LogP contribution in [0.25, 0.3) is 0 Å². The van der Waals surface area contributed by atoms with Crippen LogP contribution in [0.1, 0.15) is 32.6 Å². The van der Waals surface area contributed by atoms with Crippen LogP contribution in [-0.4, -0.2) is 36.7 Å². The van der Waals surface area contributed by atoms with E-state index in [1.165, 1.54) is 19.3 Å². The molecule has 3 nitrogen and oxygen atoms in total. The molecule has 1 saturated carbocycles. The summed E-state index contributed by atoms with van der Waals surface area (Å²) in [6, 6.07) is 0. The van der Waals surface area contributed by atoms with Gasteiger partial charge in [0.15, 0.2) is 0 Å². The van der Waals surface area contributed by atoms with E-state index in [9.17, 15) is 4.79 Å². The first-order valence-electron chi connectivity index (χ1n) is 5.57. The number of nitrogens with one attached hydrogen (secondary N) is 1. The van der Waals surface area contributed by atoms with Crippen molar-refractivity contribution >= 4 is 17.7 Å². The molecule has 88 valence electrons. The number of ether oxygens (including phenoxy) is 1. The minimum absolute atomic E-state index is 0.107. The summed E-state index contributed by atoms with van der Waals surface area (Å²) in [4.78, 5) is 11.7. The molecule has 0 spiro atoms. The molecule has 1 rings (SSSR count). The van der Waals surface area contributed by atoms with Crippen LogP contribution in [0.5, 0.6) is 0 Å². The van der Waals surface area contributed by atoms with Crippen LogP contribution in [0.3, 0.4) is 0 Å². The molecule has 1 aliphatic rings. The Morgan fingerprint density at radius 1 is 1.67 bits per heavy atom. The quantitative estimate of drug-likeness (QED) is 0.732. The monoisotopic (exact) mass is 231 g/mol. The highest BCUT2D eigenvalue weighted by Gasteiger charge is 2.45. The molecule has 2 atom stereocenters. The zero-order chi connectivity index (χ0) is 11.3. The first-order valence-corrected chi connectivity index (χ1v) is 6.62. The van der Waals surface area contributed by atoms with Gasteiger partial charge in [-0.1, -0.05) is 6.92 Å². The third-order valence-electron chi connectivity index (χ3n) is 3.08. The molecule has 0 radical (unpaired) electrons. The van der Waals surface area contributed by atoms with E-state index in [0.29, 0.717) is 5.25 Å². The highest BCUT2D eigenvalue weighted by atomic mass is 32.2. The average Bonchev–Trinajstić information content (AvgIpc) is 2.70. The van der Waals surface area contributed by atoms with Crippen molar-refractivity contribution in [1.82, 2.24) is 5.32 Å². The molecule has 0 aromatic carbocycles. The number of carbonyl (C=O) groups excluding carboxylic acids is 1. The largest absolute Gasteiger partial charge is 0.468 e. The van der Waals surface area contributed by atoms with Gasteiger partial charge in [-0.25, -0.2) is 0 Å². The van der Waals surface area contributed by atoms with Crippen LogP contribution in [0.4, 0.5) is 0 Å². The van der Waals surface area contributed by atoms with Crippen molar-refractivity contribution in [3.8, 4) is 0 Å². The molecular formula is C11H21NO2S. The normalized spacial score (nSPS) is 30.5. The fourth-order valence-electron chi connectivity index (χ4n) is 2.14. The fourth-order valence-corrected chi connectivity index (χ4v) is 3.39. The number of hydrogen-bond donors (Lipinski definition) is 1. The van der Waals surface area contributed by atoms with Crippen LogP contribution in [0, 0.1) is 0 Å². The maximum atomic E-state index is 11.7. The van der Waals surface area contributed by atoms with Gasteiger partial charge in [-0.2, -0.15) is 11.8 Å². The molecule has 1 aliphatic carbocycles. The zero-order valence-corrected chi connectivity index (χ0v) is 10.7. The van der Waals surface area contributed by atoms with Gasteiger partial charge < -0.3 is 10.1 Å². The van der Waals surface area contributed by atoms with Gasteiger partial charge in [0, 0.05) is 5.25 Å². The maximum Gasteiger partial charge on any atom is 0.326 e. The summed E-state index contributed by atoms with van der Waals surface area (Å²) in [7, 11) is 3.32. The molecule has 0 aliphatic heterocycles. The van der Waals surface area contributed by atoms with Crippen LogP contribution in [-0.2, 0) is 9.53 Å². The summed E-state index contributed by atoms with van der Waals surface area (Å²) in [5.74, 6) is 1.08. The Kier molecular flexibility index (Phi) is 4.93. The van der Waals surface area contributed by atoms with Crippen molar-refractivity contribution in [3.05, 3.63) is 0 Å². The topological polar surface area (TPSA) is 38.3 Å². The van der Waals surface area contributed by atoms with E-state index in [1.54, 1.807) is 0 Å². The first kappa shape index (κ1) is 12.8. The summed E-state index contributed by atoms with van der Waals surface area (Å²) in [6.45, 7) is 2.19. The van der Waals surface area contributed by atoms with Crippen molar-refractivity contribution in [3.63, 3.8) is 0 Å². The smallest absolute Gasteiger partial charge is 0.326 e.